The zero-order chi connectivity index (χ0) is 11.1. The maximum absolute atomic E-state index is 10.9. The van der Waals surface area contributed by atoms with Crippen molar-refractivity contribution >= 4 is 11.8 Å². The van der Waals surface area contributed by atoms with E-state index in [0.717, 1.165) is 17.8 Å². The Morgan fingerprint density at radius 3 is 3.19 bits per heavy atom. The molecule has 0 unspecified atom stereocenters. The average molecular weight is 214 g/mol. The molecule has 2 aliphatic heterocycles. The smallest absolute Gasteiger partial charge is 0.354 e. The number of nitrogens with zero attached hydrogens (tertiary/aromatic N) is 2. The first-order valence-electron chi connectivity index (χ1n) is 5.11. The van der Waals surface area contributed by atoms with Gasteiger partial charge in [0.2, 0.25) is 0 Å². The summed E-state index contributed by atoms with van der Waals surface area (Å²) in [6.07, 6.45) is 10.5. The molecule has 0 saturated carbocycles. The van der Waals surface area contributed by atoms with Crippen molar-refractivity contribution in [3.8, 4) is 0 Å². The molecule has 4 heteroatoms. The molecule has 3 rings (SSSR count). The van der Waals surface area contributed by atoms with Crippen LogP contribution in [-0.4, -0.2) is 28.4 Å². The molecule has 1 aliphatic carbocycles. The van der Waals surface area contributed by atoms with Gasteiger partial charge in [-0.2, -0.15) is 0 Å². The Bertz CT molecular complexity index is 521. The third kappa shape index (κ3) is 1.31. The molecule has 80 valence electrons. The molecule has 0 spiro atoms. The first-order chi connectivity index (χ1) is 7.74. The van der Waals surface area contributed by atoms with Crippen molar-refractivity contribution in [3.63, 3.8) is 0 Å². The van der Waals surface area contributed by atoms with Crippen LogP contribution in [0, 0.1) is 0 Å². The molecule has 0 aromatic carbocycles. The number of aliphatic carboxylic acids is 1. The van der Waals surface area contributed by atoms with E-state index < -0.39 is 5.97 Å². The number of fused-ring (bicyclic) bond motifs is 4. The number of hydrogen-bond donors (Lipinski definition) is 1. The van der Waals surface area contributed by atoms with Gasteiger partial charge < -0.3 is 10.0 Å². The quantitative estimate of drug-likeness (QED) is 0.718. The molecule has 0 aromatic heterocycles. The van der Waals surface area contributed by atoms with Crippen molar-refractivity contribution in [3.05, 3.63) is 47.3 Å². The van der Waals surface area contributed by atoms with E-state index in [2.05, 4.69) is 11.1 Å². The van der Waals surface area contributed by atoms with Gasteiger partial charge in [-0.05, 0) is 17.2 Å². The summed E-state index contributed by atoms with van der Waals surface area (Å²) < 4.78 is 0. The predicted octanol–water partition coefficient (Wildman–Crippen LogP) is 1.45. The molecule has 2 bridgehead atoms. The summed E-state index contributed by atoms with van der Waals surface area (Å²) in [6.45, 7) is 0.579. The van der Waals surface area contributed by atoms with Gasteiger partial charge in [0.25, 0.3) is 0 Å². The maximum atomic E-state index is 10.9. The van der Waals surface area contributed by atoms with Crippen LogP contribution in [0.25, 0.3) is 0 Å². The van der Waals surface area contributed by atoms with Crippen molar-refractivity contribution in [1.82, 2.24) is 4.90 Å². The first-order valence-corrected chi connectivity index (χ1v) is 5.11. The van der Waals surface area contributed by atoms with E-state index in [-0.39, 0.29) is 5.70 Å². The fraction of sp³-hybridized carbons (Fsp3) is 0.167. The number of aliphatic imine (C=N–C) groups is 1. The van der Waals surface area contributed by atoms with E-state index in [0.29, 0.717) is 6.54 Å². The lowest BCUT2D eigenvalue weighted by Crippen LogP contribution is -2.35. The molecular formula is C12H10N2O2. The molecule has 3 aliphatic rings. The zero-order valence-electron chi connectivity index (χ0n) is 8.55. The summed E-state index contributed by atoms with van der Waals surface area (Å²) >= 11 is 0. The largest absolute Gasteiger partial charge is 0.477 e. The van der Waals surface area contributed by atoms with E-state index in [1.807, 2.05) is 23.3 Å². The molecule has 2 heterocycles. The maximum Gasteiger partial charge on any atom is 0.354 e. The Hall–Kier alpha value is -2.10. The second kappa shape index (κ2) is 3.20. The molecule has 0 fully saturated rings. The molecule has 0 radical (unpaired) electrons. The Morgan fingerprint density at radius 1 is 1.50 bits per heavy atom. The van der Waals surface area contributed by atoms with E-state index in [1.54, 1.807) is 6.08 Å². The minimum atomic E-state index is -0.964. The zero-order valence-corrected chi connectivity index (χ0v) is 8.55. The first kappa shape index (κ1) is 9.15. The van der Waals surface area contributed by atoms with Gasteiger partial charge in [0, 0.05) is 19.2 Å². The van der Waals surface area contributed by atoms with E-state index in [4.69, 9.17) is 5.11 Å². The minimum absolute atomic E-state index is 0.138. The fourth-order valence-electron chi connectivity index (χ4n) is 2.07. The summed E-state index contributed by atoms with van der Waals surface area (Å²) in [5, 5.41) is 8.91. The van der Waals surface area contributed by atoms with E-state index >= 15 is 0 Å². The average Bonchev–Trinajstić information content (AvgIpc) is 2.29. The lowest BCUT2D eigenvalue weighted by molar-refractivity contribution is -0.132. The van der Waals surface area contributed by atoms with Crippen LogP contribution in [0.15, 0.2) is 52.3 Å². The normalized spacial score (nSPS) is 21.6. The lowest BCUT2D eigenvalue weighted by atomic mass is 9.95. The van der Waals surface area contributed by atoms with Gasteiger partial charge in [0.1, 0.15) is 11.5 Å². The highest BCUT2D eigenvalue weighted by molar-refractivity contribution is 6.05. The highest BCUT2D eigenvalue weighted by Gasteiger charge is 2.25. The van der Waals surface area contributed by atoms with Crippen LogP contribution in [0.2, 0.25) is 0 Å². The molecular weight excluding hydrogens is 204 g/mol. The van der Waals surface area contributed by atoms with Crippen molar-refractivity contribution in [2.24, 2.45) is 4.99 Å². The number of carbonyl (C=O) groups is 1. The highest BCUT2D eigenvalue weighted by Crippen LogP contribution is 2.28. The Balaban J connectivity index is 2.07. The summed E-state index contributed by atoms with van der Waals surface area (Å²) in [6, 6.07) is 0. The van der Waals surface area contributed by atoms with Crippen molar-refractivity contribution in [2.75, 3.05) is 6.54 Å². The van der Waals surface area contributed by atoms with Gasteiger partial charge in [-0.15, -0.1) is 0 Å². The van der Waals surface area contributed by atoms with Crippen molar-refractivity contribution in [2.45, 2.75) is 6.42 Å². The molecule has 4 nitrogen and oxygen atoms in total. The minimum Gasteiger partial charge on any atom is -0.477 e. The monoisotopic (exact) mass is 214 g/mol. The molecule has 0 aromatic rings. The second-order valence-electron chi connectivity index (χ2n) is 3.91. The Kier molecular flexibility index (Phi) is 1.83. The van der Waals surface area contributed by atoms with E-state index in [1.165, 1.54) is 5.57 Å². The number of carboxylic acid groups (broad SMARTS) is 1. The van der Waals surface area contributed by atoms with Gasteiger partial charge in [-0.25, -0.2) is 9.79 Å². The lowest BCUT2D eigenvalue weighted by Gasteiger charge is -2.32. The number of amidine groups is 1. The number of carboxylic acids is 1. The summed E-state index contributed by atoms with van der Waals surface area (Å²) in [5.41, 5.74) is 2.47. The van der Waals surface area contributed by atoms with Crippen molar-refractivity contribution in [1.29, 1.82) is 0 Å². The molecule has 0 amide bonds. The van der Waals surface area contributed by atoms with Crippen LogP contribution in [0.1, 0.15) is 6.42 Å². The number of hydrogen-bond acceptors (Lipinski definition) is 3. The fourth-order valence-corrected chi connectivity index (χ4v) is 2.07. The predicted molar refractivity (Wildman–Crippen MR) is 59.8 cm³/mol. The molecule has 0 saturated heterocycles. The van der Waals surface area contributed by atoms with Crippen LogP contribution >= 0.6 is 0 Å². The summed E-state index contributed by atoms with van der Waals surface area (Å²) in [7, 11) is 0. The van der Waals surface area contributed by atoms with Crippen LogP contribution in [0.3, 0.4) is 0 Å². The Labute approximate surface area is 92.6 Å². The third-order valence-electron chi connectivity index (χ3n) is 2.81. The summed E-state index contributed by atoms with van der Waals surface area (Å²) in [4.78, 5) is 17.0. The van der Waals surface area contributed by atoms with Crippen LogP contribution in [-0.2, 0) is 4.79 Å². The third-order valence-corrected chi connectivity index (χ3v) is 2.81. The van der Waals surface area contributed by atoms with Gasteiger partial charge in [-0.1, -0.05) is 18.2 Å². The van der Waals surface area contributed by atoms with E-state index in [9.17, 15) is 4.79 Å². The topological polar surface area (TPSA) is 52.9 Å². The number of rotatable bonds is 1. The van der Waals surface area contributed by atoms with Crippen molar-refractivity contribution < 1.29 is 9.90 Å². The van der Waals surface area contributed by atoms with Gasteiger partial charge in [-0.3, -0.25) is 0 Å². The highest BCUT2D eigenvalue weighted by atomic mass is 16.4. The Morgan fingerprint density at radius 2 is 2.38 bits per heavy atom. The van der Waals surface area contributed by atoms with Gasteiger partial charge in [0.15, 0.2) is 0 Å². The van der Waals surface area contributed by atoms with Gasteiger partial charge >= 0.3 is 5.97 Å². The molecule has 0 atom stereocenters. The molecule has 1 N–H and O–H groups in total. The summed E-state index contributed by atoms with van der Waals surface area (Å²) in [5.74, 6) is -0.193. The van der Waals surface area contributed by atoms with Crippen LogP contribution < -0.4 is 0 Å². The SMILES string of the molecule is O=C(O)C1=CCN2C=C3C=CC=C(C3)C2=N1. The second-order valence-corrected chi connectivity index (χ2v) is 3.91. The number of allylic oxidation sites excluding steroid dienone is 4. The van der Waals surface area contributed by atoms with Crippen LogP contribution in [0.5, 0.6) is 0 Å². The van der Waals surface area contributed by atoms with Gasteiger partial charge in [0.05, 0.1) is 0 Å². The van der Waals surface area contributed by atoms with Crippen LogP contribution in [0.4, 0.5) is 0 Å². The molecule has 16 heavy (non-hydrogen) atoms. The standard InChI is InChI=1S/C12H10N2O2/c15-12(16)10-4-5-14-7-8-2-1-3-9(6-8)11(14)13-10/h1-4,7H,5-6H2,(H,15,16).